The van der Waals surface area contributed by atoms with Crippen LogP contribution in [0.25, 0.3) is 0 Å². The third kappa shape index (κ3) is 3.32. The maximum absolute atomic E-state index is 12.0. The number of sulfone groups is 1. The summed E-state index contributed by atoms with van der Waals surface area (Å²) in [5, 5.41) is 11.5. The average molecular weight is 334 g/mol. The van der Waals surface area contributed by atoms with E-state index in [1.54, 1.807) is 38.1 Å². The minimum Gasteiger partial charge on any atom is -0.411 e. The molecule has 100 valence electrons. The summed E-state index contributed by atoms with van der Waals surface area (Å²) in [6, 6.07) is 7.03. The van der Waals surface area contributed by atoms with Gasteiger partial charge in [-0.25, -0.2) is 8.42 Å². The first kappa shape index (κ1) is 15.2. The summed E-state index contributed by atoms with van der Waals surface area (Å²) in [5.41, 5.74) is 0.816. The third-order valence-electron chi connectivity index (χ3n) is 2.76. The summed E-state index contributed by atoms with van der Waals surface area (Å²) in [4.78, 5) is 0. The number of benzene rings is 1. The Kier molecular flexibility index (Phi) is 5.34. The van der Waals surface area contributed by atoms with Crippen LogP contribution in [-0.2, 0) is 9.84 Å². The first-order chi connectivity index (χ1) is 8.46. The lowest BCUT2D eigenvalue weighted by atomic mass is 10.1. The predicted molar refractivity (Wildman–Crippen MR) is 76.0 cm³/mol. The Labute approximate surface area is 116 Å². The quantitative estimate of drug-likeness (QED) is 0.511. The lowest BCUT2D eigenvalue weighted by Gasteiger charge is -2.16. The molecular weight excluding hydrogens is 318 g/mol. The molecule has 0 heterocycles. The van der Waals surface area contributed by atoms with Crippen LogP contribution in [0.4, 0.5) is 0 Å². The average Bonchev–Trinajstić information content (AvgIpc) is 2.36. The molecule has 0 fully saturated rings. The fourth-order valence-corrected chi connectivity index (χ4v) is 3.45. The van der Waals surface area contributed by atoms with Gasteiger partial charge in [0.25, 0.3) is 0 Å². The number of hydrogen-bond acceptors (Lipinski definition) is 4. The van der Waals surface area contributed by atoms with Gasteiger partial charge in [-0.05, 0) is 18.6 Å². The van der Waals surface area contributed by atoms with Gasteiger partial charge in [-0.2, -0.15) is 0 Å². The van der Waals surface area contributed by atoms with Crippen molar-refractivity contribution in [1.29, 1.82) is 0 Å². The van der Waals surface area contributed by atoms with Crippen LogP contribution in [0.2, 0.25) is 0 Å². The van der Waals surface area contributed by atoms with Crippen LogP contribution >= 0.6 is 15.9 Å². The predicted octanol–water partition coefficient (Wildman–Crippen LogP) is 2.84. The van der Waals surface area contributed by atoms with Crippen LogP contribution in [0, 0.1) is 0 Å². The molecule has 1 unspecified atom stereocenters. The summed E-state index contributed by atoms with van der Waals surface area (Å²) in [6.07, 6.45) is 0.381. The summed E-state index contributed by atoms with van der Waals surface area (Å²) < 4.78 is 24.8. The highest BCUT2D eigenvalue weighted by molar-refractivity contribution is 9.10. The Hall–Kier alpha value is -0.880. The number of oxime groups is 1. The molecule has 1 aromatic rings. The van der Waals surface area contributed by atoms with Gasteiger partial charge >= 0.3 is 0 Å². The van der Waals surface area contributed by atoms with E-state index in [1.807, 2.05) is 0 Å². The molecule has 6 heteroatoms. The molecule has 1 N–H and O–H groups in total. The fraction of sp³-hybridized carbons (Fsp3) is 0.417. The van der Waals surface area contributed by atoms with Gasteiger partial charge in [0.2, 0.25) is 0 Å². The summed E-state index contributed by atoms with van der Waals surface area (Å²) in [5.74, 6) is 0.0288. The zero-order valence-electron chi connectivity index (χ0n) is 10.3. The van der Waals surface area contributed by atoms with Gasteiger partial charge in [0.05, 0.1) is 0 Å². The highest BCUT2D eigenvalue weighted by atomic mass is 79.9. The van der Waals surface area contributed by atoms with E-state index in [9.17, 15) is 8.42 Å². The molecule has 1 rings (SSSR count). The third-order valence-corrected chi connectivity index (χ3v) is 5.52. The number of rotatable bonds is 5. The highest BCUT2D eigenvalue weighted by Crippen LogP contribution is 2.18. The second kappa shape index (κ2) is 6.33. The topological polar surface area (TPSA) is 66.7 Å². The van der Waals surface area contributed by atoms with Crippen molar-refractivity contribution >= 4 is 31.5 Å². The van der Waals surface area contributed by atoms with E-state index in [-0.39, 0.29) is 11.5 Å². The standard InChI is InChI=1S/C12H16BrNO3S/c1-3-11(18(16,17)4-2)12(14-15)9-5-7-10(13)8-6-9/h5-8,11,15H,3-4H2,1-2H3/b14-12+. The van der Waals surface area contributed by atoms with Gasteiger partial charge in [-0.15, -0.1) is 0 Å². The Bertz CT molecular complexity index is 523. The molecule has 0 spiro atoms. The Morgan fingerprint density at radius 3 is 2.28 bits per heavy atom. The van der Waals surface area contributed by atoms with Gasteiger partial charge in [0.15, 0.2) is 9.84 Å². The molecule has 0 saturated heterocycles. The van der Waals surface area contributed by atoms with Crippen molar-refractivity contribution in [2.24, 2.45) is 5.16 Å². The summed E-state index contributed by atoms with van der Waals surface area (Å²) in [7, 11) is -3.28. The maximum Gasteiger partial charge on any atom is 0.158 e. The molecule has 4 nitrogen and oxygen atoms in total. The number of hydrogen-bond donors (Lipinski definition) is 1. The number of nitrogens with zero attached hydrogens (tertiary/aromatic N) is 1. The molecule has 0 amide bonds. The molecule has 1 atom stereocenters. The zero-order chi connectivity index (χ0) is 13.8. The van der Waals surface area contributed by atoms with Crippen molar-refractivity contribution < 1.29 is 13.6 Å². The second-order valence-electron chi connectivity index (χ2n) is 3.84. The van der Waals surface area contributed by atoms with Crippen LogP contribution in [0.1, 0.15) is 25.8 Å². The van der Waals surface area contributed by atoms with Gasteiger partial charge in [-0.1, -0.05) is 47.1 Å². The van der Waals surface area contributed by atoms with Gasteiger partial charge in [-0.3, -0.25) is 0 Å². The molecule has 0 bridgehead atoms. The molecule has 0 aliphatic heterocycles. The summed E-state index contributed by atoms with van der Waals surface area (Å²) >= 11 is 3.30. The van der Waals surface area contributed by atoms with Crippen LogP contribution in [-0.4, -0.2) is 30.3 Å². The normalized spacial score (nSPS) is 14.5. The van der Waals surface area contributed by atoms with Crippen LogP contribution in [0.3, 0.4) is 0 Å². The van der Waals surface area contributed by atoms with E-state index in [0.29, 0.717) is 12.0 Å². The molecular formula is C12H16BrNO3S. The van der Waals surface area contributed by atoms with Crippen molar-refractivity contribution in [2.45, 2.75) is 25.5 Å². The lowest BCUT2D eigenvalue weighted by Crippen LogP contribution is -2.31. The van der Waals surface area contributed by atoms with Crippen LogP contribution < -0.4 is 0 Å². The van der Waals surface area contributed by atoms with Crippen molar-refractivity contribution in [2.75, 3.05) is 5.75 Å². The van der Waals surface area contributed by atoms with Gasteiger partial charge < -0.3 is 5.21 Å². The first-order valence-corrected chi connectivity index (χ1v) is 8.16. The number of halogens is 1. The summed E-state index contributed by atoms with van der Waals surface area (Å²) in [6.45, 7) is 3.36. The maximum atomic E-state index is 12.0. The Morgan fingerprint density at radius 2 is 1.89 bits per heavy atom. The SMILES string of the molecule is CCC(/C(=N/O)c1ccc(Br)cc1)S(=O)(=O)CC. The van der Waals surface area contributed by atoms with E-state index in [2.05, 4.69) is 21.1 Å². The van der Waals surface area contributed by atoms with Crippen LogP contribution in [0.5, 0.6) is 0 Å². The van der Waals surface area contributed by atoms with E-state index in [0.717, 1.165) is 4.47 Å². The molecule has 1 aromatic carbocycles. The van der Waals surface area contributed by atoms with Crippen molar-refractivity contribution in [3.05, 3.63) is 34.3 Å². The second-order valence-corrected chi connectivity index (χ2v) is 7.23. The fourth-order valence-electron chi connectivity index (χ4n) is 1.75. The van der Waals surface area contributed by atoms with Crippen molar-refractivity contribution in [1.82, 2.24) is 0 Å². The van der Waals surface area contributed by atoms with E-state index in [1.165, 1.54) is 0 Å². The van der Waals surface area contributed by atoms with Crippen molar-refractivity contribution in [3.8, 4) is 0 Å². The first-order valence-electron chi connectivity index (χ1n) is 5.65. The molecule has 0 aliphatic rings. The highest BCUT2D eigenvalue weighted by Gasteiger charge is 2.28. The molecule has 0 aromatic heterocycles. The minimum atomic E-state index is -3.28. The zero-order valence-corrected chi connectivity index (χ0v) is 12.7. The lowest BCUT2D eigenvalue weighted by molar-refractivity contribution is 0.318. The van der Waals surface area contributed by atoms with E-state index >= 15 is 0 Å². The van der Waals surface area contributed by atoms with E-state index in [4.69, 9.17) is 5.21 Å². The molecule has 0 aliphatic carbocycles. The van der Waals surface area contributed by atoms with E-state index < -0.39 is 15.1 Å². The molecule has 18 heavy (non-hydrogen) atoms. The molecule has 0 saturated carbocycles. The Balaban J connectivity index is 3.21. The minimum absolute atomic E-state index is 0.0288. The van der Waals surface area contributed by atoms with Gasteiger partial charge in [0, 0.05) is 15.8 Å². The van der Waals surface area contributed by atoms with Gasteiger partial charge in [0.1, 0.15) is 11.0 Å². The monoisotopic (exact) mass is 333 g/mol. The largest absolute Gasteiger partial charge is 0.411 e. The van der Waals surface area contributed by atoms with Crippen molar-refractivity contribution in [3.63, 3.8) is 0 Å². The Morgan fingerprint density at radius 1 is 1.33 bits per heavy atom. The van der Waals surface area contributed by atoms with Crippen LogP contribution in [0.15, 0.2) is 33.9 Å². The molecule has 0 radical (unpaired) electrons. The smallest absolute Gasteiger partial charge is 0.158 e.